The summed E-state index contributed by atoms with van der Waals surface area (Å²) in [5, 5.41) is 5.67. The molecule has 0 saturated heterocycles. The van der Waals surface area contributed by atoms with E-state index in [4.69, 9.17) is 5.73 Å². The maximum atomic E-state index is 11.9. The summed E-state index contributed by atoms with van der Waals surface area (Å²) < 4.78 is 0. The summed E-state index contributed by atoms with van der Waals surface area (Å²) in [6.45, 7) is 5.88. The standard InChI is InChI=1S/C15H24N4O2/c1-4-19(5-2)14(20)8-9-18-13-7-6-11(10-12(13)16)15(21)17-3/h6-7,10,18H,4-5,8-9,16H2,1-3H3,(H,17,21). The molecule has 0 saturated carbocycles. The van der Waals surface area contributed by atoms with E-state index in [0.717, 1.165) is 18.8 Å². The highest BCUT2D eigenvalue weighted by atomic mass is 16.2. The number of carbonyl (C=O) groups excluding carboxylic acids is 2. The van der Waals surface area contributed by atoms with Crippen LogP contribution in [0, 0.1) is 0 Å². The van der Waals surface area contributed by atoms with E-state index >= 15 is 0 Å². The fourth-order valence-electron chi connectivity index (χ4n) is 2.05. The monoisotopic (exact) mass is 292 g/mol. The first-order valence-electron chi connectivity index (χ1n) is 7.16. The minimum absolute atomic E-state index is 0.119. The van der Waals surface area contributed by atoms with E-state index < -0.39 is 0 Å². The molecule has 1 aromatic rings. The molecule has 0 aliphatic rings. The molecule has 21 heavy (non-hydrogen) atoms. The second-order valence-corrected chi connectivity index (χ2v) is 4.62. The Bertz CT molecular complexity index is 498. The fourth-order valence-corrected chi connectivity index (χ4v) is 2.05. The molecule has 0 bridgehead atoms. The van der Waals surface area contributed by atoms with Gasteiger partial charge in [0, 0.05) is 38.7 Å². The smallest absolute Gasteiger partial charge is 0.251 e. The zero-order chi connectivity index (χ0) is 15.8. The number of hydrogen-bond donors (Lipinski definition) is 3. The fraction of sp³-hybridized carbons (Fsp3) is 0.467. The maximum absolute atomic E-state index is 11.9. The molecule has 6 heteroatoms. The minimum Gasteiger partial charge on any atom is -0.397 e. The van der Waals surface area contributed by atoms with Crippen molar-refractivity contribution in [2.75, 3.05) is 37.7 Å². The summed E-state index contributed by atoms with van der Waals surface area (Å²) in [7, 11) is 1.57. The molecule has 0 atom stereocenters. The van der Waals surface area contributed by atoms with Crippen LogP contribution < -0.4 is 16.4 Å². The van der Waals surface area contributed by atoms with E-state index in [0.29, 0.717) is 24.2 Å². The first kappa shape index (κ1) is 16.8. The zero-order valence-corrected chi connectivity index (χ0v) is 12.9. The van der Waals surface area contributed by atoms with Crippen LogP contribution in [0.1, 0.15) is 30.6 Å². The summed E-state index contributed by atoms with van der Waals surface area (Å²) in [5.41, 5.74) is 7.64. The van der Waals surface area contributed by atoms with Gasteiger partial charge in [-0.05, 0) is 32.0 Å². The Hall–Kier alpha value is -2.24. The third kappa shape index (κ3) is 4.66. The van der Waals surface area contributed by atoms with Gasteiger partial charge >= 0.3 is 0 Å². The van der Waals surface area contributed by atoms with Crippen molar-refractivity contribution in [1.29, 1.82) is 0 Å². The lowest BCUT2D eigenvalue weighted by Crippen LogP contribution is -2.31. The van der Waals surface area contributed by atoms with E-state index in [-0.39, 0.29) is 11.8 Å². The van der Waals surface area contributed by atoms with Crippen molar-refractivity contribution in [1.82, 2.24) is 10.2 Å². The number of benzene rings is 1. The van der Waals surface area contributed by atoms with Crippen LogP contribution in [0.4, 0.5) is 11.4 Å². The Morgan fingerprint density at radius 1 is 1.24 bits per heavy atom. The number of anilines is 2. The van der Waals surface area contributed by atoms with Gasteiger partial charge in [0.15, 0.2) is 0 Å². The van der Waals surface area contributed by atoms with Gasteiger partial charge in [-0.3, -0.25) is 9.59 Å². The lowest BCUT2D eigenvalue weighted by molar-refractivity contribution is -0.130. The van der Waals surface area contributed by atoms with Gasteiger partial charge in [0.25, 0.3) is 5.91 Å². The van der Waals surface area contributed by atoms with Gasteiger partial charge < -0.3 is 21.3 Å². The molecule has 6 nitrogen and oxygen atoms in total. The number of nitrogens with one attached hydrogen (secondary N) is 2. The molecule has 0 unspecified atom stereocenters. The molecule has 2 amide bonds. The second kappa shape index (κ2) is 8.14. The number of nitrogens with zero attached hydrogens (tertiary/aromatic N) is 1. The summed E-state index contributed by atoms with van der Waals surface area (Å²) in [6.07, 6.45) is 0.415. The summed E-state index contributed by atoms with van der Waals surface area (Å²) in [5.74, 6) is -0.0574. The molecule has 0 radical (unpaired) electrons. The molecule has 0 spiro atoms. The molecule has 1 rings (SSSR count). The first-order chi connectivity index (χ1) is 10.0. The van der Waals surface area contributed by atoms with Gasteiger partial charge in [0.1, 0.15) is 0 Å². The van der Waals surface area contributed by atoms with Gasteiger partial charge in [-0.1, -0.05) is 0 Å². The predicted octanol–water partition coefficient (Wildman–Crippen LogP) is 1.30. The van der Waals surface area contributed by atoms with E-state index in [1.807, 2.05) is 13.8 Å². The molecule has 0 heterocycles. The molecule has 4 N–H and O–H groups in total. The quantitative estimate of drug-likeness (QED) is 0.661. The highest BCUT2D eigenvalue weighted by molar-refractivity contribution is 5.95. The van der Waals surface area contributed by atoms with E-state index in [9.17, 15) is 9.59 Å². The average molecular weight is 292 g/mol. The maximum Gasteiger partial charge on any atom is 0.251 e. The normalized spacial score (nSPS) is 10.0. The van der Waals surface area contributed by atoms with E-state index in [1.54, 1.807) is 30.1 Å². The molecule has 0 fully saturated rings. The molecule has 1 aromatic carbocycles. The van der Waals surface area contributed by atoms with Crippen LogP contribution in [0.25, 0.3) is 0 Å². The molecular formula is C15H24N4O2. The first-order valence-corrected chi connectivity index (χ1v) is 7.16. The van der Waals surface area contributed by atoms with Crippen molar-refractivity contribution in [2.24, 2.45) is 0 Å². The van der Waals surface area contributed by atoms with E-state index in [1.165, 1.54) is 0 Å². The summed E-state index contributed by atoms with van der Waals surface area (Å²) >= 11 is 0. The lowest BCUT2D eigenvalue weighted by Gasteiger charge is -2.19. The highest BCUT2D eigenvalue weighted by Gasteiger charge is 2.10. The number of amides is 2. The van der Waals surface area contributed by atoms with Crippen molar-refractivity contribution in [2.45, 2.75) is 20.3 Å². The summed E-state index contributed by atoms with van der Waals surface area (Å²) in [6, 6.07) is 5.07. The Labute approximate surface area is 125 Å². The van der Waals surface area contributed by atoms with Crippen LogP contribution in [-0.2, 0) is 4.79 Å². The van der Waals surface area contributed by atoms with Crippen molar-refractivity contribution in [3.05, 3.63) is 23.8 Å². The van der Waals surface area contributed by atoms with Crippen LogP contribution in [0.2, 0.25) is 0 Å². The Morgan fingerprint density at radius 3 is 2.43 bits per heavy atom. The molecule has 116 valence electrons. The van der Waals surface area contributed by atoms with Crippen LogP contribution in [0.15, 0.2) is 18.2 Å². The largest absolute Gasteiger partial charge is 0.397 e. The Morgan fingerprint density at radius 2 is 1.90 bits per heavy atom. The topological polar surface area (TPSA) is 87.5 Å². The van der Waals surface area contributed by atoms with Crippen molar-refractivity contribution in [3.63, 3.8) is 0 Å². The number of rotatable bonds is 7. The lowest BCUT2D eigenvalue weighted by atomic mass is 10.1. The van der Waals surface area contributed by atoms with Gasteiger partial charge in [0.2, 0.25) is 5.91 Å². The number of nitrogen functional groups attached to an aromatic ring is 1. The summed E-state index contributed by atoms with van der Waals surface area (Å²) in [4.78, 5) is 25.1. The van der Waals surface area contributed by atoms with Gasteiger partial charge in [-0.15, -0.1) is 0 Å². The molecule has 0 aliphatic carbocycles. The SMILES string of the molecule is CCN(CC)C(=O)CCNc1ccc(C(=O)NC)cc1N. The Kier molecular flexibility index (Phi) is 6.52. The second-order valence-electron chi connectivity index (χ2n) is 4.62. The predicted molar refractivity (Wildman–Crippen MR) is 85.3 cm³/mol. The Balaban J connectivity index is 2.57. The highest BCUT2D eigenvalue weighted by Crippen LogP contribution is 2.19. The number of carbonyl (C=O) groups is 2. The third-order valence-corrected chi connectivity index (χ3v) is 3.31. The van der Waals surface area contributed by atoms with Crippen molar-refractivity contribution in [3.8, 4) is 0 Å². The van der Waals surface area contributed by atoms with E-state index in [2.05, 4.69) is 10.6 Å². The number of hydrogen-bond acceptors (Lipinski definition) is 4. The minimum atomic E-state index is -0.176. The molecular weight excluding hydrogens is 268 g/mol. The van der Waals surface area contributed by atoms with Crippen LogP contribution >= 0.6 is 0 Å². The van der Waals surface area contributed by atoms with Gasteiger partial charge in [0.05, 0.1) is 11.4 Å². The van der Waals surface area contributed by atoms with Crippen LogP contribution in [-0.4, -0.2) is 43.4 Å². The third-order valence-electron chi connectivity index (χ3n) is 3.31. The van der Waals surface area contributed by atoms with Crippen molar-refractivity contribution >= 4 is 23.2 Å². The molecule has 0 aromatic heterocycles. The van der Waals surface area contributed by atoms with Crippen LogP contribution in [0.3, 0.4) is 0 Å². The zero-order valence-electron chi connectivity index (χ0n) is 12.9. The molecule has 0 aliphatic heterocycles. The van der Waals surface area contributed by atoms with Gasteiger partial charge in [-0.2, -0.15) is 0 Å². The average Bonchev–Trinajstić information content (AvgIpc) is 2.49. The van der Waals surface area contributed by atoms with Gasteiger partial charge in [-0.25, -0.2) is 0 Å². The van der Waals surface area contributed by atoms with Crippen molar-refractivity contribution < 1.29 is 9.59 Å². The number of nitrogens with two attached hydrogens (primary N) is 1. The van der Waals surface area contributed by atoms with Crippen LogP contribution in [0.5, 0.6) is 0 Å².